The molecule has 1 aromatic carbocycles. The number of ether oxygens (including phenoxy) is 1. The molecule has 154 valence electrons. The van der Waals surface area contributed by atoms with Gasteiger partial charge in [-0.2, -0.15) is 0 Å². The van der Waals surface area contributed by atoms with E-state index in [1.165, 1.54) is 31.5 Å². The number of nitrogens with one attached hydrogen (secondary N) is 1. The molecule has 0 bridgehead atoms. The number of carbonyl (C=O) groups is 1. The van der Waals surface area contributed by atoms with Crippen LogP contribution in [-0.2, 0) is 4.74 Å². The molecule has 4 rings (SSSR count). The molecule has 1 saturated heterocycles. The van der Waals surface area contributed by atoms with Gasteiger partial charge < -0.3 is 15.0 Å². The van der Waals surface area contributed by atoms with Gasteiger partial charge in [-0.3, -0.25) is 4.79 Å². The van der Waals surface area contributed by atoms with Gasteiger partial charge in [0.25, 0.3) is 5.91 Å². The van der Waals surface area contributed by atoms with E-state index in [9.17, 15) is 9.18 Å². The van der Waals surface area contributed by atoms with Gasteiger partial charge in [0.05, 0.1) is 24.5 Å². The topological polar surface area (TPSA) is 67.4 Å². The van der Waals surface area contributed by atoms with Gasteiger partial charge in [0.2, 0.25) is 5.95 Å². The van der Waals surface area contributed by atoms with Gasteiger partial charge in [0.15, 0.2) is 0 Å². The second kappa shape index (κ2) is 9.31. The first-order valence-corrected chi connectivity index (χ1v) is 10.4. The Morgan fingerprint density at radius 1 is 1.17 bits per heavy atom. The molecule has 0 radical (unpaired) electrons. The highest BCUT2D eigenvalue weighted by molar-refractivity contribution is 5.99. The molecule has 2 aliphatic rings. The molecule has 1 amide bonds. The van der Waals surface area contributed by atoms with Crippen LogP contribution in [-0.4, -0.2) is 48.7 Å². The summed E-state index contributed by atoms with van der Waals surface area (Å²) in [7, 11) is 0. The quantitative estimate of drug-likeness (QED) is 0.836. The van der Waals surface area contributed by atoms with E-state index in [1.807, 2.05) is 4.90 Å². The first-order chi connectivity index (χ1) is 14.2. The standard InChI is InChI=1S/C22H27FN4O2/c23-19-9-5-4-8-17(19)20-18(21(28)24-14-16-6-2-1-3-7-16)15-25-22(26-20)27-10-12-29-13-11-27/h4-5,8-9,15-16H,1-3,6-7,10-14H2,(H,24,28). The van der Waals surface area contributed by atoms with Crippen molar-refractivity contribution in [3.8, 4) is 11.3 Å². The number of hydrogen-bond donors (Lipinski definition) is 1. The van der Waals surface area contributed by atoms with E-state index in [4.69, 9.17) is 4.74 Å². The minimum Gasteiger partial charge on any atom is -0.378 e. The lowest BCUT2D eigenvalue weighted by Gasteiger charge is -2.27. The van der Waals surface area contributed by atoms with Crippen LogP contribution in [0.4, 0.5) is 10.3 Å². The molecule has 6 nitrogen and oxygen atoms in total. The predicted molar refractivity (Wildman–Crippen MR) is 109 cm³/mol. The summed E-state index contributed by atoms with van der Waals surface area (Å²) >= 11 is 0. The first-order valence-electron chi connectivity index (χ1n) is 10.4. The summed E-state index contributed by atoms with van der Waals surface area (Å²) < 4.78 is 19.9. The number of amides is 1. The number of hydrogen-bond acceptors (Lipinski definition) is 5. The third-order valence-corrected chi connectivity index (χ3v) is 5.72. The zero-order chi connectivity index (χ0) is 20.1. The van der Waals surface area contributed by atoms with Crippen molar-refractivity contribution in [1.82, 2.24) is 15.3 Å². The molecule has 2 aromatic rings. The second-order valence-electron chi connectivity index (χ2n) is 7.73. The number of nitrogens with zero attached hydrogens (tertiary/aromatic N) is 3. The van der Waals surface area contributed by atoms with Crippen molar-refractivity contribution in [2.75, 3.05) is 37.7 Å². The van der Waals surface area contributed by atoms with Gasteiger partial charge in [0, 0.05) is 31.4 Å². The Morgan fingerprint density at radius 2 is 1.93 bits per heavy atom. The molecule has 2 heterocycles. The van der Waals surface area contributed by atoms with E-state index in [2.05, 4.69) is 15.3 Å². The Hall–Kier alpha value is -2.54. The molecule has 1 aromatic heterocycles. The number of morpholine rings is 1. The highest BCUT2D eigenvalue weighted by Gasteiger charge is 2.22. The van der Waals surface area contributed by atoms with Gasteiger partial charge in [-0.15, -0.1) is 0 Å². The molecular weight excluding hydrogens is 371 g/mol. The molecule has 0 unspecified atom stereocenters. The highest BCUT2D eigenvalue weighted by Crippen LogP contribution is 2.27. The number of anilines is 1. The number of carbonyl (C=O) groups excluding carboxylic acids is 1. The Bertz CT molecular complexity index is 848. The van der Waals surface area contributed by atoms with Gasteiger partial charge in [-0.05, 0) is 30.9 Å². The van der Waals surface area contributed by atoms with E-state index >= 15 is 0 Å². The third-order valence-electron chi connectivity index (χ3n) is 5.72. The molecule has 7 heteroatoms. The van der Waals surface area contributed by atoms with Gasteiger partial charge in [0.1, 0.15) is 5.82 Å². The van der Waals surface area contributed by atoms with Gasteiger partial charge in [-0.25, -0.2) is 14.4 Å². The van der Waals surface area contributed by atoms with E-state index in [0.29, 0.717) is 61.5 Å². The normalized spacial score (nSPS) is 17.9. The smallest absolute Gasteiger partial charge is 0.255 e. The SMILES string of the molecule is O=C(NCC1CCCCC1)c1cnc(N2CCOCC2)nc1-c1ccccc1F. The zero-order valence-corrected chi connectivity index (χ0v) is 16.6. The lowest BCUT2D eigenvalue weighted by molar-refractivity contribution is 0.0943. The Balaban J connectivity index is 1.61. The molecular formula is C22H27FN4O2. The zero-order valence-electron chi connectivity index (χ0n) is 16.6. The Kier molecular flexibility index (Phi) is 6.34. The fraction of sp³-hybridized carbons (Fsp3) is 0.500. The minimum atomic E-state index is -0.402. The Labute approximate surface area is 170 Å². The predicted octanol–water partition coefficient (Wildman–Crippen LogP) is 3.43. The summed E-state index contributed by atoms with van der Waals surface area (Å²) in [5.74, 6) is 0.358. The largest absolute Gasteiger partial charge is 0.378 e. The van der Waals surface area contributed by atoms with E-state index in [0.717, 1.165) is 12.8 Å². The summed E-state index contributed by atoms with van der Waals surface area (Å²) in [6.07, 6.45) is 7.53. The van der Waals surface area contributed by atoms with Crippen molar-refractivity contribution in [2.24, 2.45) is 5.92 Å². The van der Waals surface area contributed by atoms with E-state index in [1.54, 1.807) is 18.2 Å². The lowest BCUT2D eigenvalue weighted by atomic mass is 9.89. The van der Waals surface area contributed by atoms with Crippen molar-refractivity contribution in [1.29, 1.82) is 0 Å². The van der Waals surface area contributed by atoms with Crippen LogP contribution in [0.5, 0.6) is 0 Å². The molecule has 1 aliphatic heterocycles. The third kappa shape index (κ3) is 4.72. The highest BCUT2D eigenvalue weighted by atomic mass is 19.1. The second-order valence-corrected chi connectivity index (χ2v) is 7.73. The van der Waals surface area contributed by atoms with Gasteiger partial charge in [-0.1, -0.05) is 31.4 Å². The molecule has 0 spiro atoms. The van der Waals surface area contributed by atoms with Crippen LogP contribution < -0.4 is 10.2 Å². The van der Waals surface area contributed by atoms with Crippen LogP contribution in [0.1, 0.15) is 42.5 Å². The molecule has 1 aliphatic carbocycles. The molecule has 1 N–H and O–H groups in total. The number of rotatable bonds is 5. The average molecular weight is 398 g/mol. The van der Waals surface area contributed by atoms with Crippen molar-refractivity contribution >= 4 is 11.9 Å². The van der Waals surface area contributed by atoms with Crippen LogP contribution in [0.15, 0.2) is 30.5 Å². The fourth-order valence-electron chi connectivity index (χ4n) is 4.04. The van der Waals surface area contributed by atoms with Crippen LogP contribution in [0.25, 0.3) is 11.3 Å². The number of benzene rings is 1. The lowest BCUT2D eigenvalue weighted by Crippen LogP contribution is -2.37. The summed E-state index contributed by atoms with van der Waals surface area (Å²) in [4.78, 5) is 23.9. The summed E-state index contributed by atoms with van der Waals surface area (Å²) in [5.41, 5.74) is 0.955. The molecule has 0 atom stereocenters. The van der Waals surface area contributed by atoms with Crippen molar-refractivity contribution in [3.63, 3.8) is 0 Å². The molecule has 1 saturated carbocycles. The van der Waals surface area contributed by atoms with Crippen molar-refractivity contribution < 1.29 is 13.9 Å². The monoisotopic (exact) mass is 398 g/mol. The molecule has 29 heavy (non-hydrogen) atoms. The average Bonchev–Trinajstić information content (AvgIpc) is 2.79. The van der Waals surface area contributed by atoms with Crippen molar-refractivity contribution in [3.05, 3.63) is 41.8 Å². The van der Waals surface area contributed by atoms with Crippen LogP contribution in [0.2, 0.25) is 0 Å². The summed E-state index contributed by atoms with van der Waals surface area (Å²) in [5, 5.41) is 3.02. The maximum absolute atomic E-state index is 14.5. The van der Waals surface area contributed by atoms with Gasteiger partial charge >= 0.3 is 0 Å². The van der Waals surface area contributed by atoms with Crippen LogP contribution in [0.3, 0.4) is 0 Å². The van der Waals surface area contributed by atoms with Crippen molar-refractivity contribution in [2.45, 2.75) is 32.1 Å². The first kappa shape index (κ1) is 19.8. The summed E-state index contributed by atoms with van der Waals surface area (Å²) in [6, 6.07) is 6.42. The maximum Gasteiger partial charge on any atom is 0.255 e. The fourth-order valence-corrected chi connectivity index (χ4v) is 4.04. The number of aromatic nitrogens is 2. The number of halogens is 1. The van der Waals surface area contributed by atoms with E-state index < -0.39 is 5.82 Å². The van der Waals surface area contributed by atoms with Crippen LogP contribution >= 0.6 is 0 Å². The Morgan fingerprint density at radius 3 is 2.69 bits per heavy atom. The summed E-state index contributed by atoms with van der Waals surface area (Å²) in [6.45, 7) is 3.18. The van der Waals surface area contributed by atoms with E-state index in [-0.39, 0.29) is 5.91 Å². The minimum absolute atomic E-state index is 0.248. The maximum atomic E-state index is 14.5. The van der Waals surface area contributed by atoms with Crippen LogP contribution in [0, 0.1) is 11.7 Å². The molecule has 2 fully saturated rings.